The Hall–Kier alpha value is -0.820. The van der Waals surface area contributed by atoms with E-state index in [2.05, 4.69) is 54.2 Å². The van der Waals surface area contributed by atoms with Crippen LogP contribution in [0.5, 0.6) is 0 Å². The monoisotopic (exact) mass is 444 g/mol. The highest BCUT2D eigenvalue weighted by atomic mass is 127. The fourth-order valence-electron chi connectivity index (χ4n) is 3.10. The van der Waals surface area contributed by atoms with Crippen LogP contribution in [0.25, 0.3) is 0 Å². The molecular weight excluding hydrogens is 411 g/mol. The third-order valence-electron chi connectivity index (χ3n) is 4.59. The summed E-state index contributed by atoms with van der Waals surface area (Å²) >= 11 is 0. The number of halogens is 1. The zero-order valence-corrected chi connectivity index (χ0v) is 17.6. The van der Waals surface area contributed by atoms with Gasteiger partial charge in [-0.2, -0.15) is 0 Å². The molecule has 1 saturated heterocycles. The van der Waals surface area contributed by atoms with E-state index in [1.165, 1.54) is 44.5 Å². The summed E-state index contributed by atoms with van der Waals surface area (Å²) in [5, 5.41) is 3.22. The number of guanidine groups is 1. The minimum Gasteiger partial charge on any atom is -0.370 e. The van der Waals surface area contributed by atoms with Gasteiger partial charge in [-0.05, 0) is 68.4 Å². The minimum absolute atomic E-state index is 0. The number of piperidine rings is 1. The number of nitrogens with two attached hydrogens (primary N) is 1. The molecule has 3 N–H and O–H groups in total. The molecular formula is C19H33IN4. The summed E-state index contributed by atoms with van der Waals surface area (Å²) in [6.07, 6.45) is 3.72. The van der Waals surface area contributed by atoms with Crippen LogP contribution in [0, 0.1) is 5.92 Å². The van der Waals surface area contributed by atoms with Gasteiger partial charge >= 0.3 is 0 Å². The molecule has 5 heteroatoms. The first-order chi connectivity index (χ1) is 11.1. The lowest BCUT2D eigenvalue weighted by Gasteiger charge is -2.30. The average molecular weight is 444 g/mol. The molecule has 0 bridgehead atoms. The summed E-state index contributed by atoms with van der Waals surface area (Å²) in [7, 11) is 0. The average Bonchev–Trinajstić information content (AvgIpc) is 2.55. The van der Waals surface area contributed by atoms with Crippen LogP contribution in [0.2, 0.25) is 0 Å². The number of nitrogens with zero attached hydrogens (tertiary/aromatic N) is 2. The zero-order valence-electron chi connectivity index (χ0n) is 15.3. The maximum Gasteiger partial charge on any atom is 0.193 e. The summed E-state index contributed by atoms with van der Waals surface area (Å²) in [5.41, 5.74) is 8.39. The van der Waals surface area contributed by atoms with Crippen molar-refractivity contribution in [1.29, 1.82) is 0 Å². The third-order valence-corrected chi connectivity index (χ3v) is 4.59. The van der Waals surface area contributed by atoms with Gasteiger partial charge in [0, 0.05) is 12.2 Å². The minimum atomic E-state index is 0. The van der Waals surface area contributed by atoms with Crippen molar-refractivity contribution >= 4 is 35.6 Å². The first-order valence-corrected chi connectivity index (χ1v) is 8.97. The lowest BCUT2D eigenvalue weighted by Crippen LogP contribution is -2.35. The van der Waals surface area contributed by atoms with Crippen molar-refractivity contribution in [3.8, 4) is 0 Å². The van der Waals surface area contributed by atoms with E-state index in [0.29, 0.717) is 17.8 Å². The van der Waals surface area contributed by atoms with Crippen LogP contribution < -0.4 is 11.1 Å². The fourth-order valence-corrected chi connectivity index (χ4v) is 3.10. The van der Waals surface area contributed by atoms with Crippen molar-refractivity contribution in [1.82, 2.24) is 4.90 Å². The molecule has 1 heterocycles. The Morgan fingerprint density at radius 3 is 2.67 bits per heavy atom. The predicted octanol–water partition coefficient (Wildman–Crippen LogP) is 4.28. The Morgan fingerprint density at radius 2 is 2.04 bits per heavy atom. The predicted molar refractivity (Wildman–Crippen MR) is 116 cm³/mol. The van der Waals surface area contributed by atoms with Crippen molar-refractivity contribution in [2.75, 3.05) is 31.5 Å². The van der Waals surface area contributed by atoms with Crippen LogP contribution in [0.1, 0.15) is 51.5 Å². The van der Waals surface area contributed by atoms with E-state index in [9.17, 15) is 0 Å². The largest absolute Gasteiger partial charge is 0.370 e. The van der Waals surface area contributed by atoms with E-state index in [1.54, 1.807) is 0 Å². The number of likely N-dealkylation sites (tertiary alicyclic amines) is 1. The molecule has 4 nitrogen and oxygen atoms in total. The number of anilines is 1. The molecule has 0 aliphatic carbocycles. The molecule has 1 aliphatic heterocycles. The third kappa shape index (κ3) is 6.97. The molecule has 1 aromatic carbocycles. The van der Waals surface area contributed by atoms with Gasteiger partial charge in [0.25, 0.3) is 0 Å². The maximum absolute atomic E-state index is 6.05. The Bertz CT molecular complexity index is 508. The summed E-state index contributed by atoms with van der Waals surface area (Å²) < 4.78 is 0. The second-order valence-corrected chi connectivity index (χ2v) is 6.92. The normalized spacial score (nSPS) is 16.9. The number of rotatable bonds is 6. The topological polar surface area (TPSA) is 53.6 Å². The molecule has 136 valence electrons. The first-order valence-electron chi connectivity index (χ1n) is 8.97. The second kappa shape index (κ2) is 10.9. The van der Waals surface area contributed by atoms with Crippen molar-refractivity contribution in [3.63, 3.8) is 0 Å². The number of benzene rings is 1. The lowest BCUT2D eigenvalue weighted by atomic mass is 9.97. The quantitative estimate of drug-likeness (QED) is 0.391. The fraction of sp³-hybridized carbons (Fsp3) is 0.632. The smallest absolute Gasteiger partial charge is 0.193 e. The molecule has 2 rings (SSSR count). The summed E-state index contributed by atoms with van der Waals surface area (Å²) in [6.45, 7) is 11.1. The standard InChI is InChI=1S/C19H32N4.HI/c1-4-10-23-11-8-16(9-12-23)14-21-19(20)22-18-7-5-6-17(13-18)15(2)3;/h5-7,13,15-16H,4,8-12,14H2,1-3H3,(H3,20,21,22);1H. The molecule has 24 heavy (non-hydrogen) atoms. The number of nitrogens with one attached hydrogen (secondary N) is 1. The molecule has 0 saturated carbocycles. The molecule has 1 aromatic rings. The molecule has 1 fully saturated rings. The van der Waals surface area contributed by atoms with Crippen LogP contribution in [-0.2, 0) is 0 Å². The van der Waals surface area contributed by atoms with Gasteiger partial charge in [-0.25, -0.2) is 0 Å². The van der Waals surface area contributed by atoms with Crippen molar-refractivity contribution in [2.45, 2.75) is 46.0 Å². The molecule has 0 aromatic heterocycles. The highest BCUT2D eigenvalue weighted by Crippen LogP contribution is 2.19. The Morgan fingerprint density at radius 1 is 1.33 bits per heavy atom. The van der Waals surface area contributed by atoms with Crippen LogP contribution in [-0.4, -0.2) is 37.0 Å². The van der Waals surface area contributed by atoms with Crippen LogP contribution in [0.15, 0.2) is 29.3 Å². The van der Waals surface area contributed by atoms with Crippen LogP contribution >= 0.6 is 24.0 Å². The lowest BCUT2D eigenvalue weighted by molar-refractivity contribution is 0.188. The van der Waals surface area contributed by atoms with Gasteiger partial charge in [0.15, 0.2) is 5.96 Å². The number of aliphatic imine (C=N–C) groups is 1. The van der Waals surface area contributed by atoms with Crippen LogP contribution in [0.3, 0.4) is 0 Å². The molecule has 0 amide bonds. The Kier molecular flexibility index (Phi) is 9.66. The Balaban J connectivity index is 0.00000288. The second-order valence-electron chi connectivity index (χ2n) is 6.92. The summed E-state index contributed by atoms with van der Waals surface area (Å²) in [5.74, 6) is 1.72. The van der Waals surface area contributed by atoms with Gasteiger partial charge in [0.2, 0.25) is 0 Å². The van der Waals surface area contributed by atoms with E-state index in [4.69, 9.17) is 5.73 Å². The molecule has 0 atom stereocenters. The summed E-state index contributed by atoms with van der Waals surface area (Å²) in [4.78, 5) is 7.11. The van der Waals surface area contributed by atoms with E-state index in [0.717, 1.165) is 12.2 Å². The van der Waals surface area contributed by atoms with E-state index in [1.807, 2.05) is 6.07 Å². The van der Waals surface area contributed by atoms with Gasteiger partial charge in [0.1, 0.15) is 0 Å². The first kappa shape index (κ1) is 21.2. The Labute approximate surface area is 164 Å². The highest BCUT2D eigenvalue weighted by molar-refractivity contribution is 14.0. The molecule has 0 spiro atoms. The van der Waals surface area contributed by atoms with E-state index < -0.39 is 0 Å². The van der Waals surface area contributed by atoms with Crippen molar-refractivity contribution in [2.24, 2.45) is 16.6 Å². The van der Waals surface area contributed by atoms with Crippen LogP contribution in [0.4, 0.5) is 5.69 Å². The van der Waals surface area contributed by atoms with Gasteiger partial charge in [-0.1, -0.05) is 32.9 Å². The molecule has 0 radical (unpaired) electrons. The van der Waals surface area contributed by atoms with E-state index >= 15 is 0 Å². The zero-order chi connectivity index (χ0) is 16.7. The molecule has 0 unspecified atom stereocenters. The number of hydrogen-bond donors (Lipinski definition) is 2. The van der Waals surface area contributed by atoms with E-state index in [-0.39, 0.29) is 24.0 Å². The van der Waals surface area contributed by atoms with Crippen molar-refractivity contribution in [3.05, 3.63) is 29.8 Å². The molecule has 1 aliphatic rings. The number of hydrogen-bond acceptors (Lipinski definition) is 2. The van der Waals surface area contributed by atoms with Gasteiger partial charge in [0.05, 0.1) is 0 Å². The van der Waals surface area contributed by atoms with Gasteiger partial charge in [-0.15, -0.1) is 24.0 Å². The van der Waals surface area contributed by atoms with Crippen molar-refractivity contribution < 1.29 is 0 Å². The van der Waals surface area contributed by atoms with Gasteiger partial charge < -0.3 is 16.0 Å². The maximum atomic E-state index is 6.05. The summed E-state index contributed by atoms with van der Waals surface area (Å²) in [6, 6.07) is 8.40. The SMILES string of the molecule is CCCN1CCC(CN=C(N)Nc2cccc(C(C)C)c2)CC1.I. The van der Waals surface area contributed by atoms with Gasteiger partial charge in [-0.3, -0.25) is 4.99 Å². The highest BCUT2D eigenvalue weighted by Gasteiger charge is 2.18.